The van der Waals surface area contributed by atoms with E-state index in [1.165, 1.54) is 0 Å². The highest BCUT2D eigenvalue weighted by atomic mass is 79.9. The highest BCUT2D eigenvalue weighted by Crippen LogP contribution is 2.30. The summed E-state index contributed by atoms with van der Waals surface area (Å²) in [6.45, 7) is 8.55. The van der Waals surface area contributed by atoms with Gasteiger partial charge in [-0.25, -0.2) is 0 Å². The second-order valence-electron chi connectivity index (χ2n) is 5.43. The van der Waals surface area contributed by atoms with Crippen molar-refractivity contribution >= 4 is 44.9 Å². The van der Waals surface area contributed by atoms with Crippen LogP contribution in [-0.2, 0) is 11.3 Å². The third-order valence-electron chi connectivity index (χ3n) is 3.72. The molecule has 0 bridgehead atoms. The largest absolute Gasteiger partial charge is 0.297 e. The van der Waals surface area contributed by atoms with E-state index in [0.717, 1.165) is 5.56 Å². The number of hydrogen-bond acceptors (Lipinski definition) is 2. The van der Waals surface area contributed by atoms with Crippen molar-refractivity contribution < 1.29 is 4.79 Å². The van der Waals surface area contributed by atoms with Gasteiger partial charge in [-0.05, 0) is 31.7 Å². The number of allylic oxidation sites excluding steroid dienone is 1. The molecule has 0 aromatic heterocycles. The highest BCUT2D eigenvalue weighted by molar-refractivity contribution is 9.09. The Kier molecular flexibility index (Phi) is 6.92. The SMILES string of the molecule is C=CC(C)(C(=O)CN(C)Cc1ccc(Cl)cc1Cl)[C@H](C)Br. The minimum atomic E-state index is -0.585. The summed E-state index contributed by atoms with van der Waals surface area (Å²) in [4.78, 5) is 14.4. The maximum Gasteiger partial charge on any atom is 0.157 e. The molecule has 1 unspecified atom stereocenters. The van der Waals surface area contributed by atoms with Crippen LogP contribution in [0.4, 0.5) is 0 Å². The molecule has 0 aliphatic heterocycles. The fourth-order valence-corrected chi connectivity index (χ4v) is 2.82. The van der Waals surface area contributed by atoms with E-state index in [9.17, 15) is 4.79 Å². The van der Waals surface area contributed by atoms with Crippen molar-refractivity contribution in [2.24, 2.45) is 5.41 Å². The molecule has 0 amide bonds. The Morgan fingerprint density at radius 3 is 2.62 bits per heavy atom. The summed E-state index contributed by atoms with van der Waals surface area (Å²) in [6, 6.07) is 5.39. The number of halogens is 3. The zero-order chi connectivity index (χ0) is 16.2. The molecule has 0 aliphatic carbocycles. The Morgan fingerprint density at radius 1 is 1.52 bits per heavy atom. The van der Waals surface area contributed by atoms with Crippen molar-refractivity contribution in [3.63, 3.8) is 0 Å². The molecule has 2 atom stereocenters. The van der Waals surface area contributed by atoms with Crippen LogP contribution in [0.15, 0.2) is 30.9 Å². The van der Waals surface area contributed by atoms with E-state index in [0.29, 0.717) is 23.1 Å². The number of rotatable bonds is 7. The first-order valence-electron chi connectivity index (χ1n) is 6.64. The fourth-order valence-electron chi connectivity index (χ4n) is 1.91. The lowest BCUT2D eigenvalue weighted by atomic mass is 9.82. The third kappa shape index (κ3) is 4.82. The Bertz CT molecular complexity index is 533. The minimum Gasteiger partial charge on any atom is -0.297 e. The molecular weight excluding hydrogens is 373 g/mol. The quantitative estimate of drug-likeness (QED) is 0.482. The van der Waals surface area contributed by atoms with Gasteiger partial charge < -0.3 is 0 Å². The minimum absolute atomic E-state index is 0.0301. The average Bonchev–Trinajstić information content (AvgIpc) is 2.40. The lowest BCUT2D eigenvalue weighted by Gasteiger charge is -2.29. The molecular formula is C16H20BrCl2NO. The van der Waals surface area contributed by atoms with Gasteiger partial charge in [0.1, 0.15) is 0 Å². The molecule has 1 aromatic rings. The van der Waals surface area contributed by atoms with Gasteiger partial charge in [0.2, 0.25) is 0 Å². The zero-order valence-corrected chi connectivity index (χ0v) is 15.6. The monoisotopic (exact) mass is 391 g/mol. The standard InChI is InChI=1S/C16H20BrCl2NO/c1-5-16(3,11(2)17)15(21)10-20(4)9-12-6-7-13(18)8-14(12)19/h5-8,11H,1,9-10H2,2-4H3/t11-,16?/m0/s1. The highest BCUT2D eigenvalue weighted by Gasteiger charge is 2.34. The Labute approximate surface area is 145 Å². The number of carbonyl (C=O) groups excluding carboxylic acids is 1. The molecule has 116 valence electrons. The molecule has 1 aromatic carbocycles. The molecule has 0 radical (unpaired) electrons. The lowest BCUT2D eigenvalue weighted by Crippen LogP contribution is -2.40. The number of hydrogen-bond donors (Lipinski definition) is 0. The number of carbonyl (C=O) groups is 1. The summed E-state index contributed by atoms with van der Waals surface area (Å²) >= 11 is 15.5. The van der Waals surface area contributed by atoms with Crippen molar-refractivity contribution in [1.82, 2.24) is 4.90 Å². The molecule has 1 rings (SSSR count). The fraction of sp³-hybridized carbons (Fsp3) is 0.438. The number of ketones is 1. The van der Waals surface area contributed by atoms with Crippen molar-refractivity contribution in [3.05, 3.63) is 46.5 Å². The van der Waals surface area contributed by atoms with Gasteiger partial charge in [0.15, 0.2) is 5.78 Å². The Balaban J connectivity index is 2.75. The van der Waals surface area contributed by atoms with Crippen molar-refractivity contribution in [2.75, 3.05) is 13.6 Å². The first-order valence-corrected chi connectivity index (χ1v) is 8.31. The van der Waals surface area contributed by atoms with Gasteiger partial charge in [-0.15, -0.1) is 6.58 Å². The summed E-state index contributed by atoms with van der Waals surface area (Å²) in [7, 11) is 1.89. The normalized spacial score (nSPS) is 15.6. The molecule has 0 saturated carbocycles. The van der Waals surface area contributed by atoms with Crippen LogP contribution in [0.2, 0.25) is 10.0 Å². The molecule has 0 saturated heterocycles. The summed E-state index contributed by atoms with van der Waals surface area (Å²) in [5, 5.41) is 1.22. The lowest BCUT2D eigenvalue weighted by molar-refractivity contribution is -0.126. The van der Waals surface area contributed by atoms with Crippen LogP contribution in [0, 0.1) is 5.41 Å². The van der Waals surface area contributed by atoms with Crippen LogP contribution in [0.25, 0.3) is 0 Å². The van der Waals surface area contributed by atoms with E-state index in [1.807, 2.05) is 31.9 Å². The maximum absolute atomic E-state index is 12.5. The molecule has 0 N–H and O–H groups in total. The van der Waals surface area contributed by atoms with Crippen LogP contribution in [0.5, 0.6) is 0 Å². The van der Waals surface area contributed by atoms with Crippen molar-refractivity contribution in [3.8, 4) is 0 Å². The summed E-state index contributed by atoms with van der Waals surface area (Å²) in [5.74, 6) is 0.120. The molecule has 21 heavy (non-hydrogen) atoms. The van der Waals surface area contributed by atoms with E-state index >= 15 is 0 Å². The molecule has 0 heterocycles. The number of nitrogens with zero attached hydrogens (tertiary/aromatic N) is 1. The average molecular weight is 393 g/mol. The number of likely N-dealkylation sites (N-methyl/N-ethyl adjacent to an activating group) is 1. The molecule has 0 fully saturated rings. The van der Waals surface area contributed by atoms with Gasteiger partial charge >= 0.3 is 0 Å². The molecule has 5 heteroatoms. The van der Waals surface area contributed by atoms with E-state index in [1.54, 1.807) is 18.2 Å². The van der Waals surface area contributed by atoms with E-state index < -0.39 is 5.41 Å². The maximum atomic E-state index is 12.5. The number of Topliss-reactive ketones (excluding diaryl/α,β-unsaturated/α-hetero) is 1. The molecule has 0 spiro atoms. The van der Waals surface area contributed by atoms with E-state index in [4.69, 9.17) is 23.2 Å². The van der Waals surface area contributed by atoms with Crippen molar-refractivity contribution in [1.29, 1.82) is 0 Å². The first-order chi connectivity index (χ1) is 9.70. The van der Waals surface area contributed by atoms with Gasteiger partial charge in [-0.1, -0.05) is 58.2 Å². The Hall–Kier alpha value is -0.350. The second kappa shape index (κ2) is 7.77. The van der Waals surface area contributed by atoms with Gasteiger partial charge in [-0.3, -0.25) is 9.69 Å². The van der Waals surface area contributed by atoms with E-state index in [2.05, 4.69) is 22.5 Å². The van der Waals surface area contributed by atoms with Crippen LogP contribution in [0.3, 0.4) is 0 Å². The van der Waals surface area contributed by atoms with Crippen LogP contribution in [0.1, 0.15) is 19.4 Å². The summed E-state index contributed by atoms with van der Waals surface area (Å²) in [5.41, 5.74) is 0.362. The predicted molar refractivity (Wildman–Crippen MR) is 94.5 cm³/mol. The van der Waals surface area contributed by atoms with Gasteiger partial charge in [0, 0.05) is 21.4 Å². The van der Waals surface area contributed by atoms with Crippen molar-refractivity contribution in [2.45, 2.75) is 25.2 Å². The van der Waals surface area contributed by atoms with Gasteiger partial charge in [0.25, 0.3) is 0 Å². The van der Waals surface area contributed by atoms with Gasteiger partial charge in [-0.2, -0.15) is 0 Å². The molecule has 0 aliphatic rings. The second-order valence-corrected chi connectivity index (χ2v) is 7.65. The zero-order valence-electron chi connectivity index (χ0n) is 12.5. The smallest absolute Gasteiger partial charge is 0.157 e. The third-order valence-corrected chi connectivity index (χ3v) is 5.26. The predicted octanol–water partition coefficient (Wildman–Crippen LogP) is 4.97. The van der Waals surface area contributed by atoms with Crippen LogP contribution < -0.4 is 0 Å². The topological polar surface area (TPSA) is 20.3 Å². The van der Waals surface area contributed by atoms with E-state index in [-0.39, 0.29) is 10.6 Å². The van der Waals surface area contributed by atoms with Crippen LogP contribution in [-0.4, -0.2) is 29.1 Å². The Morgan fingerprint density at radius 2 is 2.14 bits per heavy atom. The number of benzene rings is 1. The molecule has 2 nitrogen and oxygen atoms in total. The van der Waals surface area contributed by atoms with Crippen LogP contribution >= 0.6 is 39.1 Å². The number of alkyl halides is 1. The summed E-state index contributed by atoms with van der Waals surface area (Å²) in [6.07, 6.45) is 1.71. The summed E-state index contributed by atoms with van der Waals surface area (Å²) < 4.78 is 0. The first kappa shape index (κ1) is 18.7. The van der Waals surface area contributed by atoms with Gasteiger partial charge in [0.05, 0.1) is 12.0 Å².